The Hall–Kier alpha value is -2.61. The van der Waals surface area contributed by atoms with Crippen LogP contribution >= 0.6 is 0 Å². The van der Waals surface area contributed by atoms with Gasteiger partial charge < -0.3 is 10.3 Å². The predicted molar refractivity (Wildman–Crippen MR) is 76.2 cm³/mol. The summed E-state index contributed by atoms with van der Waals surface area (Å²) in [5, 5.41) is 15.3. The lowest BCUT2D eigenvalue weighted by Gasteiger charge is -2.19. The van der Waals surface area contributed by atoms with E-state index in [0.29, 0.717) is 12.2 Å². The number of nitrogens with one attached hydrogen (secondary N) is 1. The molecular formula is C12H16N6O2. The second-order valence-corrected chi connectivity index (χ2v) is 4.45. The van der Waals surface area contributed by atoms with Crippen molar-refractivity contribution in [3.63, 3.8) is 0 Å². The first kappa shape index (κ1) is 13.8. The summed E-state index contributed by atoms with van der Waals surface area (Å²) >= 11 is 0. The van der Waals surface area contributed by atoms with Crippen LogP contribution < -0.4 is 16.2 Å². The maximum absolute atomic E-state index is 11.2. The van der Waals surface area contributed by atoms with Gasteiger partial charge >= 0.3 is 5.69 Å². The number of hydrazine groups is 1. The van der Waals surface area contributed by atoms with Crippen molar-refractivity contribution < 1.29 is 4.92 Å². The minimum absolute atomic E-state index is 0.0404. The highest BCUT2D eigenvalue weighted by atomic mass is 16.6. The van der Waals surface area contributed by atoms with Gasteiger partial charge in [0.05, 0.1) is 11.1 Å². The third-order valence-electron chi connectivity index (χ3n) is 2.94. The third-order valence-corrected chi connectivity index (χ3v) is 2.94. The van der Waals surface area contributed by atoms with Crippen molar-refractivity contribution in [1.82, 2.24) is 9.78 Å². The van der Waals surface area contributed by atoms with E-state index in [2.05, 4.69) is 10.5 Å². The van der Waals surface area contributed by atoms with Gasteiger partial charge in [-0.15, -0.1) is 0 Å². The fraction of sp³-hybridized carbons (Fsp3) is 0.250. The summed E-state index contributed by atoms with van der Waals surface area (Å²) in [6, 6.07) is 4.98. The predicted octanol–water partition coefficient (Wildman–Crippen LogP) is 1.25. The van der Waals surface area contributed by atoms with E-state index in [-0.39, 0.29) is 11.4 Å². The zero-order chi connectivity index (χ0) is 14.7. The number of nitro groups is 1. The number of nitrogens with two attached hydrogens (primary N) is 1. The maximum atomic E-state index is 11.2. The first-order valence-electron chi connectivity index (χ1n) is 5.95. The average molecular weight is 276 g/mol. The summed E-state index contributed by atoms with van der Waals surface area (Å²) in [7, 11) is 3.61. The summed E-state index contributed by atoms with van der Waals surface area (Å²) in [5.74, 6) is 5.33. The minimum Gasteiger partial charge on any atom is -0.365 e. The van der Waals surface area contributed by atoms with Crippen LogP contribution in [0.1, 0.15) is 5.56 Å². The van der Waals surface area contributed by atoms with E-state index in [1.165, 1.54) is 0 Å². The summed E-state index contributed by atoms with van der Waals surface area (Å²) in [6.07, 6.45) is 3.60. The molecular weight excluding hydrogens is 260 g/mol. The SMILES string of the molecule is CN(Cc1cnn(C)c1)c1cccc(NN)c1[N+](=O)[O-]. The van der Waals surface area contributed by atoms with Crippen LogP contribution in [0.4, 0.5) is 17.1 Å². The number of nitrogen functional groups attached to an aromatic ring is 1. The molecule has 2 rings (SSSR count). The second kappa shape index (κ2) is 5.57. The topological polar surface area (TPSA) is 102 Å². The van der Waals surface area contributed by atoms with Crippen LogP contribution in [0.2, 0.25) is 0 Å². The molecule has 1 heterocycles. The Kier molecular flexibility index (Phi) is 3.85. The van der Waals surface area contributed by atoms with E-state index in [9.17, 15) is 10.1 Å². The molecule has 0 saturated heterocycles. The first-order chi connectivity index (χ1) is 9.52. The molecule has 0 spiro atoms. The molecule has 1 aromatic heterocycles. The van der Waals surface area contributed by atoms with E-state index < -0.39 is 4.92 Å². The molecule has 20 heavy (non-hydrogen) atoms. The van der Waals surface area contributed by atoms with Gasteiger partial charge in [0.1, 0.15) is 11.4 Å². The van der Waals surface area contributed by atoms with E-state index in [1.54, 1.807) is 41.0 Å². The standard InChI is InChI=1S/C12H16N6O2/c1-16(7-9-6-14-17(2)8-9)11-5-3-4-10(15-13)12(11)18(19)20/h3-6,8,15H,7,13H2,1-2H3. The van der Waals surface area contributed by atoms with Crippen LogP contribution in [0.15, 0.2) is 30.6 Å². The Balaban J connectivity index is 2.34. The molecule has 0 fully saturated rings. The molecule has 3 N–H and O–H groups in total. The van der Waals surface area contributed by atoms with Gasteiger partial charge in [0.25, 0.3) is 0 Å². The highest BCUT2D eigenvalue weighted by Crippen LogP contribution is 2.34. The lowest BCUT2D eigenvalue weighted by Crippen LogP contribution is -2.19. The molecule has 1 aromatic carbocycles. The summed E-state index contributed by atoms with van der Waals surface area (Å²) in [6.45, 7) is 0.517. The van der Waals surface area contributed by atoms with Crippen LogP contribution in [0.25, 0.3) is 0 Å². The molecule has 0 aliphatic heterocycles. The number of anilines is 2. The number of aryl methyl sites for hydroxylation is 1. The number of para-hydroxylation sites is 1. The summed E-state index contributed by atoms with van der Waals surface area (Å²) in [4.78, 5) is 12.6. The zero-order valence-corrected chi connectivity index (χ0v) is 11.3. The van der Waals surface area contributed by atoms with E-state index in [4.69, 9.17) is 5.84 Å². The molecule has 0 amide bonds. The van der Waals surface area contributed by atoms with Crippen LogP contribution in [-0.4, -0.2) is 21.8 Å². The van der Waals surface area contributed by atoms with Crippen molar-refractivity contribution in [1.29, 1.82) is 0 Å². The Morgan fingerprint density at radius 2 is 2.30 bits per heavy atom. The van der Waals surface area contributed by atoms with Crippen LogP contribution in [0.5, 0.6) is 0 Å². The van der Waals surface area contributed by atoms with Crippen molar-refractivity contribution in [2.45, 2.75) is 6.54 Å². The zero-order valence-electron chi connectivity index (χ0n) is 11.3. The van der Waals surface area contributed by atoms with Gasteiger partial charge in [-0.05, 0) is 12.1 Å². The number of nitrogens with zero attached hydrogens (tertiary/aromatic N) is 4. The van der Waals surface area contributed by atoms with Crippen LogP contribution in [-0.2, 0) is 13.6 Å². The average Bonchev–Trinajstić information content (AvgIpc) is 2.82. The highest BCUT2D eigenvalue weighted by Gasteiger charge is 2.22. The van der Waals surface area contributed by atoms with Gasteiger partial charge in [-0.3, -0.25) is 20.6 Å². The Bertz CT molecular complexity index is 624. The lowest BCUT2D eigenvalue weighted by molar-refractivity contribution is -0.383. The number of nitro benzene ring substituents is 1. The molecule has 0 bridgehead atoms. The molecule has 0 saturated carbocycles. The molecule has 8 nitrogen and oxygen atoms in total. The smallest absolute Gasteiger partial charge is 0.316 e. The second-order valence-electron chi connectivity index (χ2n) is 4.45. The summed E-state index contributed by atoms with van der Waals surface area (Å²) < 4.78 is 1.69. The first-order valence-corrected chi connectivity index (χ1v) is 5.95. The molecule has 0 atom stereocenters. The quantitative estimate of drug-likeness (QED) is 0.484. The highest BCUT2D eigenvalue weighted by molar-refractivity contribution is 5.76. The molecule has 0 aliphatic carbocycles. The Morgan fingerprint density at radius 1 is 1.55 bits per heavy atom. The van der Waals surface area contributed by atoms with E-state index in [0.717, 1.165) is 5.56 Å². The lowest BCUT2D eigenvalue weighted by atomic mass is 10.2. The number of aromatic nitrogens is 2. The third kappa shape index (κ3) is 2.69. The van der Waals surface area contributed by atoms with Crippen LogP contribution in [0.3, 0.4) is 0 Å². The van der Waals surface area contributed by atoms with Gasteiger partial charge in [-0.2, -0.15) is 5.10 Å². The number of rotatable bonds is 5. The fourth-order valence-electron chi connectivity index (χ4n) is 2.06. The Labute approximate surface area is 115 Å². The van der Waals surface area contributed by atoms with E-state index in [1.807, 2.05) is 13.2 Å². The van der Waals surface area contributed by atoms with Gasteiger partial charge in [-0.25, -0.2) is 0 Å². The van der Waals surface area contributed by atoms with Gasteiger partial charge in [-0.1, -0.05) is 6.07 Å². The van der Waals surface area contributed by atoms with Crippen molar-refractivity contribution >= 4 is 17.1 Å². The fourth-order valence-corrected chi connectivity index (χ4v) is 2.06. The molecule has 8 heteroatoms. The van der Waals surface area contributed by atoms with Crippen molar-refractivity contribution in [3.8, 4) is 0 Å². The van der Waals surface area contributed by atoms with Crippen molar-refractivity contribution in [3.05, 3.63) is 46.3 Å². The molecule has 0 aliphatic rings. The number of hydrogen-bond donors (Lipinski definition) is 2. The van der Waals surface area contributed by atoms with Gasteiger partial charge in [0.15, 0.2) is 0 Å². The van der Waals surface area contributed by atoms with Gasteiger partial charge in [0, 0.05) is 32.4 Å². The maximum Gasteiger partial charge on any atom is 0.316 e. The van der Waals surface area contributed by atoms with Crippen molar-refractivity contribution in [2.24, 2.45) is 12.9 Å². The monoisotopic (exact) mass is 276 g/mol. The molecule has 0 unspecified atom stereocenters. The molecule has 0 radical (unpaired) electrons. The number of hydrogen-bond acceptors (Lipinski definition) is 6. The summed E-state index contributed by atoms with van der Waals surface area (Å²) in [5.41, 5.74) is 4.06. The van der Waals surface area contributed by atoms with Gasteiger partial charge in [0.2, 0.25) is 0 Å². The van der Waals surface area contributed by atoms with E-state index >= 15 is 0 Å². The minimum atomic E-state index is -0.440. The van der Waals surface area contributed by atoms with Crippen molar-refractivity contribution in [2.75, 3.05) is 17.4 Å². The normalized spacial score (nSPS) is 10.3. The Morgan fingerprint density at radius 3 is 2.85 bits per heavy atom. The number of benzene rings is 1. The largest absolute Gasteiger partial charge is 0.365 e. The molecule has 2 aromatic rings. The molecule has 106 valence electrons. The van der Waals surface area contributed by atoms with Crippen LogP contribution in [0, 0.1) is 10.1 Å².